The molecule has 2 aliphatic rings. The first kappa shape index (κ1) is 17.6. The Kier molecular flexibility index (Phi) is 6.24. The largest absolute Gasteiger partial charge is 0.481 e. The Labute approximate surface area is 137 Å². The molecule has 2 aliphatic heterocycles. The monoisotopic (exact) mass is 325 g/mol. The number of nitrogens with zero attached hydrogens (tertiary/aromatic N) is 3. The Hall–Kier alpha value is -1.79. The highest BCUT2D eigenvalue weighted by molar-refractivity contribution is 5.81. The average molecular weight is 325 g/mol. The minimum atomic E-state index is -0.842. The van der Waals surface area contributed by atoms with E-state index in [1.165, 1.54) is 0 Å². The molecule has 2 rings (SSSR count). The van der Waals surface area contributed by atoms with Crippen LogP contribution in [0.3, 0.4) is 0 Å². The van der Waals surface area contributed by atoms with Crippen molar-refractivity contribution in [1.82, 2.24) is 14.7 Å². The Morgan fingerprint density at radius 3 is 2.39 bits per heavy atom. The minimum Gasteiger partial charge on any atom is -0.481 e. The van der Waals surface area contributed by atoms with Crippen LogP contribution in [0.25, 0.3) is 0 Å². The van der Waals surface area contributed by atoms with Crippen molar-refractivity contribution < 1.29 is 19.5 Å². The van der Waals surface area contributed by atoms with Gasteiger partial charge in [-0.05, 0) is 32.1 Å². The van der Waals surface area contributed by atoms with Crippen molar-refractivity contribution in [3.8, 4) is 0 Å². The molecular weight excluding hydrogens is 298 g/mol. The van der Waals surface area contributed by atoms with Gasteiger partial charge in [-0.3, -0.25) is 9.59 Å². The van der Waals surface area contributed by atoms with E-state index < -0.39 is 5.97 Å². The quantitative estimate of drug-likeness (QED) is 0.824. The van der Waals surface area contributed by atoms with Gasteiger partial charge in [0.25, 0.3) is 0 Å². The fourth-order valence-corrected chi connectivity index (χ4v) is 3.35. The summed E-state index contributed by atoms with van der Waals surface area (Å²) in [6.45, 7) is 3.30. The highest BCUT2D eigenvalue weighted by atomic mass is 16.4. The number of carboxylic acid groups (broad SMARTS) is 1. The second kappa shape index (κ2) is 8.17. The summed E-state index contributed by atoms with van der Waals surface area (Å²) in [6, 6.07) is 0.0635. The molecule has 2 saturated heterocycles. The van der Waals surface area contributed by atoms with E-state index in [0.717, 1.165) is 45.3 Å². The molecule has 1 atom stereocenters. The van der Waals surface area contributed by atoms with Crippen LogP contribution in [0.4, 0.5) is 4.79 Å². The molecule has 130 valence electrons. The molecule has 23 heavy (non-hydrogen) atoms. The minimum absolute atomic E-state index is 0.0225. The van der Waals surface area contributed by atoms with Crippen molar-refractivity contribution >= 4 is 17.9 Å². The summed E-state index contributed by atoms with van der Waals surface area (Å²) < 4.78 is 0. The second-order valence-corrected chi connectivity index (χ2v) is 6.52. The number of amides is 3. The van der Waals surface area contributed by atoms with Crippen molar-refractivity contribution in [3.05, 3.63) is 0 Å². The van der Waals surface area contributed by atoms with Crippen LogP contribution in [-0.2, 0) is 9.59 Å². The predicted octanol–water partition coefficient (Wildman–Crippen LogP) is 1.24. The third-order valence-electron chi connectivity index (χ3n) is 4.68. The van der Waals surface area contributed by atoms with Gasteiger partial charge in [0.05, 0.1) is 5.92 Å². The first-order chi connectivity index (χ1) is 11.0. The molecule has 0 bridgehead atoms. The van der Waals surface area contributed by atoms with Crippen LogP contribution in [-0.4, -0.2) is 77.5 Å². The fraction of sp³-hybridized carbons (Fsp3) is 0.812. The third-order valence-corrected chi connectivity index (χ3v) is 4.68. The lowest BCUT2D eigenvalue weighted by Gasteiger charge is -2.36. The van der Waals surface area contributed by atoms with Crippen molar-refractivity contribution in [2.45, 2.75) is 38.5 Å². The lowest BCUT2D eigenvalue weighted by Crippen LogP contribution is -2.49. The molecule has 7 nitrogen and oxygen atoms in total. The van der Waals surface area contributed by atoms with Crippen molar-refractivity contribution in [3.63, 3.8) is 0 Å². The third kappa shape index (κ3) is 4.84. The summed E-state index contributed by atoms with van der Waals surface area (Å²) in [5, 5.41) is 8.66. The predicted molar refractivity (Wildman–Crippen MR) is 85.0 cm³/mol. The van der Waals surface area contributed by atoms with E-state index in [4.69, 9.17) is 5.11 Å². The molecule has 0 radical (unpaired) electrons. The van der Waals surface area contributed by atoms with Crippen molar-refractivity contribution in [2.24, 2.45) is 5.92 Å². The lowest BCUT2D eigenvalue weighted by atomic mass is 9.96. The van der Waals surface area contributed by atoms with E-state index in [-0.39, 0.29) is 24.3 Å². The van der Waals surface area contributed by atoms with Gasteiger partial charge in [-0.25, -0.2) is 4.79 Å². The van der Waals surface area contributed by atoms with Gasteiger partial charge < -0.3 is 19.8 Å². The summed E-state index contributed by atoms with van der Waals surface area (Å²) in [5.41, 5.74) is 0. The highest BCUT2D eigenvalue weighted by Crippen LogP contribution is 2.21. The van der Waals surface area contributed by atoms with E-state index in [2.05, 4.69) is 0 Å². The van der Waals surface area contributed by atoms with E-state index >= 15 is 0 Å². The van der Waals surface area contributed by atoms with E-state index in [9.17, 15) is 14.4 Å². The normalized spacial score (nSPS) is 21.3. The zero-order valence-corrected chi connectivity index (χ0v) is 13.9. The molecule has 3 amide bonds. The van der Waals surface area contributed by atoms with Crippen LogP contribution in [0.15, 0.2) is 0 Å². The summed E-state index contributed by atoms with van der Waals surface area (Å²) in [4.78, 5) is 40.8. The Bertz CT molecular complexity index is 449. The molecule has 0 saturated carbocycles. The SMILES string of the molecule is CN(CCCC(=O)O)C(=O)C1CCCN(C(=O)N2CCCC2)C1. The van der Waals surface area contributed by atoms with Crippen LogP contribution in [0.2, 0.25) is 0 Å². The average Bonchev–Trinajstić information content (AvgIpc) is 3.07. The van der Waals surface area contributed by atoms with E-state index in [1.807, 2.05) is 9.80 Å². The molecule has 7 heteroatoms. The fourth-order valence-electron chi connectivity index (χ4n) is 3.35. The molecule has 0 aliphatic carbocycles. The van der Waals surface area contributed by atoms with Gasteiger partial charge >= 0.3 is 12.0 Å². The maximum atomic E-state index is 12.5. The van der Waals surface area contributed by atoms with Crippen LogP contribution in [0.5, 0.6) is 0 Å². The number of hydrogen-bond acceptors (Lipinski definition) is 3. The number of piperidine rings is 1. The zero-order chi connectivity index (χ0) is 16.8. The van der Waals surface area contributed by atoms with Crippen LogP contribution in [0.1, 0.15) is 38.5 Å². The summed E-state index contributed by atoms with van der Waals surface area (Å²) in [7, 11) is 1.71. The van der Waals surface area contributed by atoms with E-state index in [0.29, 0.717) is 19.5 Å². The standard InChI is InChI=1S/C16H27N3O4/c1-17(8-5-7-14(20)21)15(22)13-6-4-11-19(12-13)16(23)18-9-2-3-10-18/h13H,2-12H2,1H3,(H,20,21). The molecular formula is C16H27N3O4. The van der Waals surface area contributed by atoms with Gasteiger partial charge in [0.1, 0.15) is 0 Å². The van der Waals surface area contributed by atoms with Gasteiger partial charge in [-0.2, -0.15) is 0 Å². The number of aliphatic carboxylic acids is 1. The van der Waals surface area contributed by atoms with E-state index in [1.54, 1.807) is 11.9 Å². The van der Waals surface area contributed by atoms with Gasteiger partial charge in [0.2, 0.25) is 5.91 Å². The molecule has 0 spiro atoms. The number of urea groups is 1. The smallest absolute Gasteiger partial charge is 0.320 e. The topological polar surface area (TPSA) is 81.2 Å². The zero-order valence-electron chi connectivity index (χ0n) is 13.9. The summed E-state index contributed by atoms with van der Waals surface area (Å²) >= 11 is 0. The molecule has 1 N–H and O–H groups in total. The Balaban J connectivity index is 1.83. The summed E-state index contributed by atoms with van der Waals surface area (Å²) in [6.07, 6.45) is 4.30. The van der Waals surface area contributed by atoms with Crippen LogP contribution < -0.4 is 0 Å². The van der Waals surface area contributed by atoms with Gasteiger partial charge in [-0.1, -0.05) is 0 Å². The number of carbonyl (C=O) groups excluding carboxylic acids is 2. The molecule has 0 aromatic carbocycles. The number of likely N-dealkylation sites (tertiary alicyclic amines) is 2. The Morgan fingerprint density at radius 1 is 1.09 bits per heavy atom. The van der Waals surface area contributed by atoms with Crippen molar-refractivity contribution in [1.29, 1.82) is 0 Å². The second-order valence-electron chi connectivity index (χ2n) is 6.52. The molecule has 0 aromatic rings. The first-order valence-electron chi connectivity index (χ1n) is 8.49. The lowest BCUT2D eigenvalue weighted by molar-refractivity contribution is -0.139. The molecule has 2 heterocycles. The van der Waals surface area contributed by atoms with Gasteiger partial charge in [0.15, 0.2) is 0 Å². The number of carbonyl (C=O) groups is 3. The number of carboxylic acids is 1. The van der Waals surface area contributed by atoms with Gasteiger partial charge in [-0.15, -0.1) is 0 Å². The Morgan fingerprint density at radius 2 is 1.74 bits per heavy atom. The van der Waals surface area contributed by atoms with Crippen LogP contribution >= 0.6 is 0 Å². The van der Waals surface area contributed by atoms with Gasteiger partial charge in [0, 0.05) is 46.2 Å². The maximum absolute atomic E-state index is 12.5. The number of hydrogen-bond donors (Lipinski definition) is 1. The highest BCUT2D eigenvalue weighted by Gasteiger charge is 2.32. The first-order valence-corrected chi connectivity index (χ1v) is 8.49. The molecule has 0 aromatic heterocycles. The van der Waals surface area contributed by atoms with Crippen molar-refractivity contribution in [2.75, 3.05) is 39.8 Å². The number of rotatable bonds is 5. The van der Waals surface area contributed by atoms with Crippen LogP contribution in [0, 0.1) is 5.92 Å². The maximum Gasteiger partial charge on any atom is 0.320 e. The molecule has 2 fully saturated rings. The molecule has 1 unspecified atom stereocenters. The summed E-state index contributed by atoms with van der Waals surface area (Å²) in [5.74, 6) is -0.981.